The Labute approximate surface area is 80.6 Å². The van der Waals surface area contributed by atoms with E-state index in [1.54, 1.807) is 0 Å². The summed E-state index contributed by atoms with van der Waals surface area (Å²) in [6.45, 7) is 0. The maximum absolute atomic E-state index is 8.91. The molecule has 0 spiro atoms. The van der Waals surface area contributed by atoms with Crippen LogP contribution in [0.15, 0.2) is 30.6 Å². The number of hydrogen-bond acceptors (Lipinski definition) is 5. The van der Waals surface area contributed by atoms with Crippen molar-refractivity contribution in [2.24, 2.45) is 0 Å². The topological polar surface area (TPSA) is 112 Å². The first-order chi connectivity index (χ1) is 6.00. The number of aromatic nitrogens is 1. The van der Waals surface area contributed by atoms with E-state index in [1.807, 2.05) is 30.6 Å². The summed E-state index contributed by atoms with van der Waals surface area (Å²) in [7, 11) is 4.02. The van der Waals surface area contributed by atoms with Crippen LogP contribution in [0.3, 0.4) is 0 Å². The van der Waals surface area contributed by atoms with E-state index in [2.05, 4.69) is 15.0 Å². The van der Waals surface area contributed by atoms with Gasteiger partial charge in [0.2, 0.25) is 0 Å². The average Bonchev–Trinajstić information content (AvgIpc) is 2.08. The summed E-state index contributed by atoms with van der Waals surface area (Å²) in [5, 5.41) is 12.0. The van der Waals surface area contributed by atoms with Crippen molar-refractivity contribution in [3.63, 3.8) is 0 Å². The molecule has 0 radical (unpaired) electrons. The summed E-state index contributed by atoms with van der Waals surface area (Å²) in [5.41, 5.74) is 0. The van der Waals surface area contributed by atoms with Crippen LogP contribution in [0.1, 0.15) is 0 Å². The van der Waals surface area contributed by atoms with Crippen LogP contribution >= 0.6 is 10.0 Å². The third kappa shape index (κ3) is 34.4. The molecule has 0 amide bonds. The van der Waals surface area contributed by atoms with Gasteiger partial charge in [-0.1, -0.05) is 6.07 Å². The van der Waals surface area contributed by atoms with Gasteiger partial charge in [-0.25, -0.2) is 4.98 Å². The van der Waals surface area contributed by atoms with Gasteiger partial charge < -0.3 is 0 Å². The molecular weight excluding hydrogens is 242 g/mol. The van der Waals surface area contributed by atoms with Crippen LogP contribution < -0.4 is 9.14 Å². The van der Waals surface area contributed by atoms with Crippen LogP contribution in [-0.2, 0) is 20.0 Å². The Balaban J connectivity index is 0. The Kier molecular flexibility index (Phi) is 11.0. The molecule has 1 rings (SSSR count). The van der Waals surface area contributed by atoms with Crippen molar-refractivity contribution in [1.82, 2.24) is 0 Å². The van der Waals surface area contributed by atoms with E-state index in [9.17, 15) is 0 Å². The zero-order valence-electron chi connectivity index (χ0n) is 6.29. The molecule has 6 nitrogen and oxygen atoms in total. The molecule has 0 fully saturated rings. The van der Waals surface area contributed by atoms with Gasteiger partial charge in [-0.05, 0) is 0 Å². The largest absolute Gasteiger partial charge is 0.218 e. The molecule has 13 heavy (non-hydrogen) atoms. The zero-order valence-corrected chi connectivity index (χ0v) is 8.32. The van der Waals surface area contributed by atoms with Gasteiger partial charge in [-0.2, -0.15) is 0 Å². The molecule has 0 aromatic carbocycles. The number of nitrogens with one attached hydrogen (secondary N) is 1. The molecular formula is C5H8ClCrNO5. The van der Waals surface area contributed by atoms with Gasteiger partial charge in [-0.15, -0.1) is 0 Å². The molecule has 0 bridgehead atoms. The molecule has 1 aromatic heterocycles. The zero-order chi connectivity index (χ0) is 10.7. The van der Waals surface area contributed by atoms with Crippen molar-refractivity contribution in [2.45, 2.75) is 0 Å². The summed E-state index contributed by atoms with van der Waals surface area (Å²) < 4.78 is 26.7. The Morgan fingerprint density at radius 1 is 1.15 bits per heavy atom. The summed E-state index contributed by atoms with van der Waals surface area (Å²) in [5.74, 6) is 0. The molecule has 1 aromatic rings. The Bertz CT molecular complexity index is 242. The van der Waals surface area contributed by atoms with Gasteiger partial charge in [0.25, 0.3) is 0 Å². The molecule has 0 atom stereocenters. The van der Waals surface area contributed by atoms with Gasteiger partial charge in [-0.3, -0.25) is 10.5 Å². The van der Waals surface area contributed by atoms with E-state index in [0.29, 0.717) is 0 Å². The Hall–Kier alpha value is -0.548. The van der Waals surface area contributed by atoms with Crippen LogP contribution in [0.25, 0.3) is 0 Å². The minimum absolute atomic E-state index is 1.88. The van der Waals surface area contributed by atoms with E-state index < -0.39 is 12.4 Å². The quantitative estimate of drug-likeness (QED) is 0.488. The van der Waals surface area contributed by atoms with Gasteiger partial charge >= 0.3 is 34.2 Å². The molecule has 0 aliphatic heterocycles. The third-order valence-corrected chi connectivity index (χ3v) is 0.607. The van der Waals surface area contributed by atoms with Gasteiger partial charge in [0, 0.05) is 12.1 Å². The van der Waals surface area contributed by atoms with E-state index in [0.717, 1.165) is 0 Å². The smallest absolute Gasteiger partial charge is 0.166 e. The van der Waals surface area contributed by atoms with Gasteiger partial charge in [0.1, 0.15) is 0 Å². The first-order valence-electron chi connectivity index (χ1n) is 2.76. The number of H-pyrrole nitrogens is 1. The number of pyridine rings is 1. The Morgan fingerprint density at radius 2 is 1.46 bits per heavy atom. The Morgan fingerprint density at radius 3 is 1.54 bits per heavy atom. The van der Waals surface area contributed by atoms with Crippen LogP contribution in [0.5, 0.6) is 0 Å². The minimum Gasteiger partial charge on any atom is -0.218 e. The van der Waals surface area contributed by atoms with Crippen molar-refractivity contribution < 1.29 is 39.6 Å². The summed E-state index contributed by atoms with van der Waals surface area (Å²) in [6.07, 6.45) is 3.75. The van der Waals surface area contributed by atoms with Crippen molar-refractivity contribution in [3.05, 3.63) is 30.6 Å². The number of halogens is 1. The van der Waals surface area contributed by atoms with E-state index in [4.69, 9.17) is 22.3 Å². The van der Waals surface area contributed by atoms with E-state index in [-0.39, 0.29) is 0 Å². The molecule has 0 aliphatic rings. The van der Waals surface area contributed by atoms with Crippen molar-refractivity contribution in [1.29, 1.82) is 0 Å². The fourth-order valence-corrected chi connectivity index (χ4v) is 0.342. The predicted octanol–water partition coefficient (Wildman–Crippen LogP) is -0.221. The first-order valence-corrected chi connectivity index (χ1v) is 6.08. The summed E-state index contributed by atoms with van der Waals surface area (Å²) >= 11 is -5.03. The molecule has 8 heteroatoms. The van der Waals surface area contributed by atoms with E-state index >= 15 is 0 Å². The summed E-state index contributed by atoms with van der Waals surface area (Å²) in [6, 6.07) is 5.86. The van der Waals surface area contributed by atoms with Gasteiger partial charge in [0.05, 0.1) is 0 Å². The SMILES string of the molecule is OO.[O]=[Cr](=[O])([O-])[Cl].c1cc[nH+]cc1. The van der Waals surface area contributed by atoms with Gasteiger partial charge in [0.15, 0.2) is 12.4 Å². The fourth-order valence-electron chi connectivity index (χ4n) is 0.342. The molecule has 3 N–H and O–H groups in total. The van der Waals surface area contributed by atoms with Crippen LogP contribution in [0, 0.1) is 0 Å². The molecule has 0 saturated heterocycles. The number of aromatic amines is 1. The van der Waals surface area contributed by atoms with E-state index in [1.165, 1.54) is 0 Å². The average molecular weight is 250 g/mol. The van der Waals surface area contributed by atoms with Crippen molar-refractivity contribution in [2.75, 3.05) is 0 Å². The molecule has 76 valence electrons. The fraction of sp³-hybridized carbons (Fsp3) is 0. The molecule has 0 saturated carbocycles. The van der Waals surface area contributed by atoms with Crippen molar-refractivity contribution in [3.8, 4) is 0 Å². The molecule has 0 aliphatic carbocycles. The maximum Gasteiger partial charge on any atom is 0.166 e. The predicted molar refractivity (Wildman–Crippen MR) is 35.5 cm³/mol. The second kappa shape index (κ2) is 9.54. The standard InChI is InChI=1S/C5H5N.ClH.Cr.H2O2.3O/c1-2-4-6-5-3-1;;;1-2;;;/h1-5H;1H;;1-2H;;;/q;;+1;;;;-1. The van der Waals surface area contributed by atoms with Crippen LogP contribution in [0.2, 0.25) is 0 Å². The normalized spacial score (nSPS) is 8.62. The van der Waals surface area contributed by atoms with Crippen LogP contribution in [-0.4, -0.2) is 10.5 Å². The second-order valence-corrected chi connectivity index (χ2v) is 4.26. The third-order valence-electron chi connectivity index (χ3n) is 0.607. The number of rotatable bonds is 0. The molecule has 0 unspecified atom stereocenters. The first kappa shape index (κ1) is 14.9. The maximum atomic E-state index is 8.91. The summed E-state index contributed by atoms with van der Waals surface area (Å²) in [4.78, 5) is 2.89. The van der Waals surface area contributed by atoms with Crippen molar-refractivity contribution >= 4 is 10.0 Å². The second-order valence-electron chi connectivity index (χ2n) is 1.47. The number of hydrogen-bond donors (Lipinski definition) is 2. The minimum atomic E-state index is -5.03. The molecule has 1 heterocycles. The van der Waals surface area contributed by atoms with Crippen LogP contribution in [0.4, 0.5) is 0 Å². The monoisotopic (exact) mass is 249 g/mol.